The monoisotopic (exact) mass is 544 g/mol. The second-order valence-corrected chi connectivity index (χ2v) is 14.7. The number of nitrogens with zero attached hydrogens (tertiary/aromatic N) is 4. The molecule has 4 saturated heterocycles. The lowest BCUT2D eigenvalue weighted by Gasteiger charge is -2.56. The minimum Gasteiger partial charge on any atom is -0.323 e. The van der Waals surface area contributed by atoms with Crippen LogP contribution in [0.3, 0.4) is 0 Å². The van der Waals surface area contributed by atoms with E-state index in [4.69, 9.17) is 0 Å². The van der Waals surface area contributed by atoms with Gasteiger partial charge in [-0.3, -0.25) is 29.2 Å². The molecule has 0 aromatic carbocycles. The molecule has 218 valence electrons. The lowest BCUT2D eigenvalue weighted by Crippen LogP contribution is -2.68. The highest BCUT2D eigenvalue weighted by Crippen LogP contribution is 2.46. The second kappa shape index (κ2) is 9.03. The number of amides is 6. The van der Waals surface area contributed by atoms with E-state index in [0.717, 1.165) is 0 Å². The molecule has 4 aliphatic heterocycles. The topological polar surface area (TPSA) is 105 Å². The number of imide groups is 2. The zero-order chi connectivity index (χ0) is 29.4. The standard InChI is InChI=1S/C29H48N6O4/c1-24(2)16-28(17-25(3,4)32(24)9)20(36)34(22(38)30-28)14-12-11-13-15-35-21(37)29(31-23(35)39)18-26(5,6)33(10)27(7,8)19-29/h11-12H,13-19H2,1-10H3,(H,30,38)(H,31,39)/b12-11+. The zero-order valence-electron chi connectivity index (χ0n) is 25.5. The van der Waals surface area contributed by atoms with Crippen LogP contribution < -0.4 is 10.6 Å². The molecule has 0 aromatic heterocycles. The number of nitrogens with one attached hydrogen (secondary N) is 2. The van der Waals surface area contributed by atoms with E-state index < -0.39 is 11.1 Å². The fraction of sp³-hybridized carbons (Fsp3) is 0.793. The van der Waals surface area contributed by atoms with E-state index in [0.29, 0.717) is 32.1 Å². The predicted molar refractivity (Wildman–Crippen MR) is 150 cm³/mol. The number of hydrogen-bond acceptors (Lipinski definition) is 6. The highest BCUT2D eigenvalue weighted by Gasteiger charge is 2.61. The number of hydrogen-bond donors (Lipinski definition) is 2. The summed E-state index contributed by atoms with van der Waals surface area (Å²) in [4.78, 5) is 59.9. The summed E-state index contributed by atoms with van der Waals surface area (Å²) in [7, 11) is 4.13. The third kappa shape index (κ3) is 4.77. The average molecular weight is 545 g/mol. The highest BCUT2D eigenvalue weighted by molar-refractivity contribution is 6.08. The van der Waals surface area contributed by atoms with Gasteiger partial charge in [-0.05, 0) is 102 Å². The molecule has 4 rings (SSSR count). The summed E-state index contributed by atoms with van der Waals surface area (Å²) in [6.07, 6.45) is 6.24. The summed E-state index contributed by atoms with van der Waals surface area (Å²) in [5, 5.41) is 6.04. The van der Waals surface area contributed by atoms with E-state index >= 15 is 0 Å². The Hall–Kier alpha value is -2.46. The maximum absolute atomic E-state index is 13.5. The van der Waals surface area contributed by atoms with E-state index in [-0.39, 0.29) is 59.1 Å². The van der Waals surface area contributed by atoms with Crippen LogP contribution in [0.4, 0.5) is 9.59 Å². The summed E-state index contributed by atoms with van der Waals surface area (Å²) in [5.74, 6) is -0.353. The first-order chi connectivity index (χ1) is 17.7. The molecule has 10 heteroatoms. The molecule has 0 bridgehead atoms. The molecule has 2 spiro atoms. The van der Waals surface area contributed by atoms with Crippen LogP contribution >= 0.6 is 0 Å². The smallest absolute Gasteiger partial charge is 0.323 e. The van der Waals surface area contributed by atoms with E-state index in [1.165, 1.54) is 9.80 Å². The molecule has 0 saturated carbocycles. The SMILES string of the molecule is CN1C(C)(C)CC2(CC1(C)C)NC(=O)N(C/C=C/CCN1C(=O)NC3(CC(C)(C)N(C)C(C)(C)C3)C1=O)C2=O. The molecular formula is C29H48N6O4. The molecular weight excluding hydrogens is 496 g/mol. The van der Waals surface area contributed by atoms with Gasteiger partial charge in [0.2, 0.25) is 0 Å². The van der Waals surface area contributed by atoms with E-state index in [1.807, 2.05) is 6.08 Å². The van der Waals surface area contributed by atoms with Crippen molar-refractivity contribution in [2.45, 2.75) is 121 Å². The van der Waals surface area contributed by atoms with Crippen LogP contribution in [0.25, 0.3) is 0 Å². The normalized spacial score (nSPS) is 29.1. The van der Waals surface area contributed by atoms with Crippen molar-refractivity contribution in [1.29, 1.82) is 0 Å². The Balaban J connectivity index is 1.37. The molecule has 4 aliphatic rings. The first kappa shape index (κ1) is 29.5. The van der Waals surface area contributed by atoms with E-state index in [9.17, 15) is 19.2 Å². The first-order valence-electron chi connectivity index (χ1n) is 14.1. The van der Waals surface area contributed by atoms with Crippen molar-refractivity contribution in [2.24, 2.45) is 0 Å². The molecule has 39 heavy (non-hydrogen) atoms. The lowest BCUT2D eigenvalue weighted by atomic mass is 9.69. The molecule has 0 aromatic rings. The van der Waals surface area contributed by atoms with Crippen molar-refractivity contribution in [1.82, 2.24) is 30.2 Å². The average Bonchev–Trinajstić information content (AvgIpc) is 3.12. The third-order valence-corrected chi connectivity index (χ3v) is 10.0. The van der Waals surface area contributed by atoms with Gasteiger partial charge in [-0.2, -0.15) is 0 Å². The minimum absolute atomic E-state index is 0.155. The molecule has 0 aliphatic carbocycles. The van der Waals surface area contributed by atoms with Crippen LogP contribution in [0.2, 0.25) is 0 Å². The molecule has 0 unspecified atom stereocenters. The summed E-state index contributed by atoms with van der Waals surface area (Å²) < 4.78 is 0. The maximum Gasteiger partial charge on any atom is 0.325 e. The number of urea groups is 2. The summed E-state index contributed by atoms with van der Waals surface area (Å²) in [6.45, 7) is 17.2. The van der Waals surface area contributed by atoms with Crippen molar-refractivity contribution in [3.05, 3.63) is 12.2 Å². The van der Waals surface area contributed by atoms with Crippen LogP contribution in [0, 0.1) is 0 Å². The Kier molecular flexibility index (Phi) is 6.83. The molecule has 2 N–H and O–H groups in total. The third-order valence-electron chi connectivity index (χ3n) is 10.0. The van der Waals surface area contributed by atoms with Gasteiger partial charge in [0, 0.05) is 35.2 Å². The van der Waals surface area contributed by atoms with Gasteiger partial charge in [-0.25, -0.2) is 9.59 Å². The second-order valence-electron chi connectivity index (χ2n) is 14.7. The molecule has 10 nitrogen and oxygen atoms in total. The highest BCUT2D eigenvalue weighted by atomic mass is 16.2. The largest absolute Gasteiger partial charge is 0.325 e. The molecule has 0 radical (unpaired) electrons. The molecule has 4 heterocycles. The summed E-state index contributed by atoms with van der Waals surface area (Å²) >= 11 is 0. The Bertz CT molecular complexity index is 1070. The fourth-order valence-electron chi connectivity index (χ4n) is 7.89. The van der Waals surface area contributed by atoms with Gasteiger partial charge >= 0.3 is 12.1 Å². The maximum atomic E-state index is 13.5. The van der Waals surface area contributed by atoms with Crippen molar-refractivity contribution >= 4 is 23.9 Å². The van der Waals surface area contributed by atoms with Crippen LogP contribution in [-0.2, 0) is 9.59 Å². The van der Waals surface area contributed by atoms with Crippen LogP contribution in [0.5, 0.6) is 0 Å². The predicted octanol–water partition coefficient (Wildman–Crippen LogP) is 3.08. The lowest BCUT2D eigenvalue weighted by molar-refractivity contribution is -0.139. The molecule has 4 fully saturated rings. The van der Waals surface area contributed by atoms with Gasteiger partial charge in [0.25, 0.3) is 11.8 Å². The Morgan fingerprint density at radius 3 is 1.38 bits per heavy atom. The number of likely N-dealkylation sites (tertiary alicyclic amines) is 2. The van der Waals surface area contributed by atoms with Crippen molar-refractivity contribution in [2.75, 3.05) is 27.2 Å². The molecule has 6 amide bonds. The van der Waals surface area contributed by atoms with Crippen molar-refractivity contribution in [3.8, 4) is 0 Å². The number of carbonyl (C=O) groups excluding carboxylic acids is 4. The number of carbonyl (C=O) groups is 4. The first-order valence-corrected chi connectivity index (χ1v) is 14.1. The van der Waals surface area contributed by atoms with Gasteiger partial charge < -0.3 is 10.6 Å². The molecule has 0 atom stereocenters. The van der Waals surface area contributed by atoms with Crippen molar-refractivity contribution < 1.29 is 19.2 Å². The van der Waals surface area contributed by atoms with Gasteiger partial charge in [-0.15, -0.1) is 0 Å². The van der Waals surface area contributed by atoms with Gasteiger partial charge in [0.1, 0.15) is 11.1 Å². The van der Waals surface area contributed by atoms with Crippen LogP contribution in [0.15, 0.2) is 12.2 Å². The fourth-order valence-corrected chi connectivity index (χ4v) is 7.89. The van der Waals surface area contributed by atoms with Crippen LogP contribution in [0.1, 0.15) is 87.5 Å². The Morgan fingerprint density at radius 1 is 0.615 bits per heavy atom. The van der Waals surface area contributed by atoms with E-state index in [2.05, 4.69) is 89.9 Å². The van der Waals surface area contributed by atoms with Gasteiger partial charge in [0.15, 0.2) is 0 Å². The summed E-state index contributed by atoms with van der Waals surface area (Å²) in [6, 6.07) is -0.725. The van der Waals surface area contributed by atoms with Crippen LogP contribution in [-0.4, -0.2) is 104 Å². The Labute approximate surface area is 233 Å². The van der Waals surface area contributed by atoms with Gasteiger partial charge in [-0.1, -0.05) is 12.2 Å². The minimum atomic E-state index is -0.908. The quantitative estimate of drug-likeness (QED) is 0.407. The number of rotatable bonds is 5. The van der Waals surface area contributed by atoms with Crippen molar-refractivity contribution in [3.63, 3.8) is 0 Å². The van der Waals surface area contributed by atoms with E-state index in [1.54, 1.807) is 6.08 Å². The Morgan fingerprint density at radius 2 is 0.974 bits per heavy atom. The number of piperidine rings is 2. The summed E-state index contributed by atoms with van der Waals surface area (Å²) in [5.41, 5.74) is -2.82. The van der Waals surface area contributed by atoms with Gasteiger partial charge in [0.05, 0.1) is 0 Å². The zero-order valence-corrected chi connectivity index (χ0v) is 25.5.